The summed E-state index contributed by atoms with van der Waals surface area (Å²) in [7, 11) is 0. The van der Waals surface area contributed by atoms with E-state index in [0.717, 1.165) is 15.7 Å². The lowest BCUT2D eigenvalue weighted by Crippen LogP contribution is -2.15. The quantitative estimate of drug-likeness (QED) is 0.528. The summed E-state index contributed by atoms with van der Waals surface area (Å²) in [6.45, 7) is 5.68. The van der Waals surface area contributed by atoms with Gasteiger partial charge in [-0.15, -0.1) is 0 Å². The Morgan fingerprint density at radius 3 is 2.88 bits per heavy atom. The van der Waals surface area contributed by atoms with E-state index in [1.54, 1.807) is 13.8 Å². The van der Waals surface area contributed by atoms with Crippen LogP contribution >= 0.6 is 15.9 Å². The molecule has 0 fully saturated rings. The fraction of sp³-hybridized carbons (Fsp3) is 0.333. The molecule has 17 heavy (non-hydrogen) atoms. The first-order chi connectivity index (χ1) is 8.04. The van der Waals surface area contributed by atoms with Gasteiger partial charge in [-0.05, 0) is 38.5 Å². The number of esters is 1. The number of rotatable bonds is 4. The molecule has 0 unspecified atom stereocenters. The van der Waals surface area contributed by atoms with E-state index >= 15 is 0 Å². The minimum absolute atomic E-state index is 0.297. The molecule has 1 rings (SSSR count). The predicted molar refractivity (Wildman–Crippen MR) is 72.2 cm³/mol. The van der Waals surface area contributed by atoms with E-state index in [0.29, 0.717) is 12.3 Å². The number of hydrazone groups is 1. The van der Waals surface area contributed by atoms with Gasteiger partial charge in [0, 0.05) is 4.47 Å². The number of benzene rings is 1. The molecule has 0 saturated carbocycles. The fourth-order valence-electron chi connectivity index (χ4n) is 1.14. The van der Waals surface area contributed by atoms with E-state index in [1.807, 2.05) is 25.1 Å². The maximum atomic E-state index is 11.3. The van der Waals surface area contributed by atoms with Gasteiger partial charge in [0.1, 0.15) is 5.71 Å². The van der Waals surface area contributed by atoms with E-state index < -0.39 is 5.97 Å². The molecule has 1 aromatic carbocycles. The Kier molecular flexibility index (Phi) is 5.15. The Labute approximate surface area is 109 Å². The summed E-state index contributed by atoms with van der Waals surface area (Å²) in [5, 5.41) is 3.99. The first kappa shape index (κ1) is 13.7. The lowest BCUT2D eigenvalue weighted by atomic mass is 10.2. The highest BCUT2D eigenvalue weighted by atomic mass is 79.9. The van der Waals surface area contributed by atoms with Gasteiger partial charge < -0.3 is 4.74 Å². The Morgan fingerprint density at radius 2 is 2.24 bits per heavy atom. The van der Waals surface area contributed by atoms with E-state index in [1.165, 1.54) is 0 Å². The number of nitrogens with one attached hydrogen (secondary N) is 1. The lowest BCUT2D eigenvalue weighted by molar-refractivity contribution is -0.135. The molecule has 0 aliphatic carbocycles. The van der Waals surface area contributed by atoms with E-state index in [9.17, 15) is 4.79 Å². The Balaban J connectivity index is 2.75. The molecule has 0 bridgehead atoms. The molecule has 0 heterocycles. The molecule has 0 spiro atoms. The number of anilines is 1. The van der Waals surface area contributed by atoms with Crippen LogP contribution in [0.1, 0.15) is 19.4 Å². The van der Waals surface area contributed by atoms with Crippen LogP contribution in [0.25, 0.3) is 0 Å². The zero-order chi connectivity index (χ0) is 12.8. The van der Waals surface area contributed by atoms with E-state index in [2.05, 4.69) is 26.5 Å². The zero-order valence-electron chi connectivity index (χ0n) is 10.1. The van der Waals surface area contributed by atoms with Gasteiger partial charge in [-0.25, -0.2) is 4.79 Å². The van der Waals surface area contributed by atoms with Crippen molar-refractivity contribution in [1.82, 2.24) is 0 Å². The Bertz CT molecular complexity index is 444. The predicted octanol–water partition coefficient (Wildman–Crippen LogP) is 3.11. The average molecular weight is 299 g/mol. The third kappa shape index (κ3) is 4.19. The first-order valence-electron chi connectivity index (χ1n) is 5.28. The van der Waals surface area contributed by atoms with Crippen LogP contribution in [-0.2, 0) is 9.53 Å². The molecule has 1 aromatic rings. The van der Waals surface area contributed by atoms with E-state index in [4.69, 9.17) is 4.74 Å². The molecule has 0 radical (unpaired) electrons. The normalized spacial score (nSPS) is 11.2. The summed E-state index contributed by atoms with van der Waals surface area (Å²) in [6.07, 6.45) is 0. The maximum absolute atomic E-state index is 11.3. The van der Waals surface area contributed by atoms with Gasteiger partial charge in [-0.1, -0.05) is 22.0 Å². The van der Waals surface area contributed by atoms with Crippen LogP contribution in [0.3, 0.4) is 0 Å². The lowest BCUT2D eigenvalue weighted by Gasteiger charge is -2.06. The number of nitrogens with zero attached hydrogens (tertiary/aromatic N) is 1. The van der Waals surface area contributed by atoms with Gasteiger partial charge in [-0.2, -0.15) is 5.10 Å². The van der Waals surface area contributed by atoms with Gasteiger partial charge in [-0.3, -0.25) is 5.43 Å². The summed E-state index contributed by atoms with van der Waals surface area (Å²) < 4.78 is 5.78. The van der Waals surface area contributed by atoms with Gasteiger partial charge in [0.15, 0.2) is 0 Å². The number of halogens is 1. The molecule has 92 valence electrons. The van der Waals surface area contributed by atoms with Gasteiger partial charge in [0.2, 0.25) is 0 Å². The van der Waals surface area contributed by atoms with Crippen LogP contribution in [0.2, 0.25) is 0 Å². The van der Waals surface area contributed by atoms with Crippen LogP contribution in [0, 0.1) is 6.92 Å². The van der Waals surface area contributed by atoms with Crippen molar-refractivity contribution >= 4 is 33.3 Å². The molecular weight excluding hydrogens is 284 g/mol. The summed E-state index contributed by atoms with van der Waals surface area (Å²) in [5.41, 5.74) is 5.05. The highest BCUT2D eigenvalue weighted by Gasteiger charge is 2.06. The molecule has 0 saturated heterocycles. The molecule has 0 atom stereocenters. The summed E-state index contributed by atoms with van der Waals surface area (Å²) in [4.78, 5) is 11.3. The number of ether oxygens (including phenoxy) is 1. The third-order valence-corrected chi connectivity index (χ3v) is 2.61. The summed E-state index contributed by atoms with van der Waals surface area (Å²) in [5.74, 6) is -0.410. The molecule has 0 aliphatic heterocycles. The Morgan fingerprint density at radius 1 is 1.53 bits per heavy atom. The number of hydrogen-bond donors (Lipinski definition) is 1. The van der Waals surface area contributed by atoms with E-state index in [-0.39, 0.29) is 0 Å². The average Bonchev–Trinajstić information content (AvgIpc) is 2.30. The van der Waals surface area contributed by atoms with Crippen molar-refractivity contribution in [2.24, 2.45) is 5.10 Å². The fourth-order valence-corrected chi connectivity index (χ4v) is 1.50. The van der Waals surface area contributed by atoms with Crippen molar-refractivity contribution in [2.45, 2.75) is 20.8 Å². The standard InChI is InChI=1S/C12H15BrN2O2/c1-4-17-12(16)9(3)14-15-11-7-10(13)6-5-8(11)2/h5-7,15H,4H2,1-3H3. The third-order valence-electron chi connectivity index (χ3n) is 2.11. The number of carbonyl (C=O) groups excluding carboxylic acids is 1. The number of aryl methyl sites for hydroxylation is 1. The maximum Gasteiger partial charge on any atom is 0.354 e. The Hall–Kier alpha value is -1.36. The van der Waals surface area contributed by atoms with Crippen LogP contribution in [0.5, 0.6) is 0 Å². The summed E-state index contributed by atoms with van der Waals surface area (Å²) in [6, 6.07) is 5.81. The highest BCUT2D eigenvalue weighted by molar-refractivity contribution is 9.10. The van der Waals surface area contributed by atoms with Gasteiger partial charge in [0.25, 0.3) is 0 Å². The SMILES string of the molecule is CCOC(=O)C(C)=NNc1cc(Br)ccc1C. The largest absolute Gasteiger partial charge is 0.461 e. The monoisotopic (exact) mass is 298 g/mol. The highest BCUT2D eigenvalue weighted by Crippen LogP contribution is 2.20. The van der Waals surface area contributed by atoms with Crippen molar-refractivity contribution in [3.63, 3.8) is 0 Å². The summed E-state index contributed by atoms with van der Waals surface area (Å²) >= 11 is 3.38. The zero-order valence-corrected chi connectivity index (χ0v) is 11.7. The van der Waals surface area contributed by atoms with Crippen LogP contribution in [-0.4, -0.2) is 18.3 Å². The number of hydrogen-bond acceptors (Lipinski definition) is 4. The minimum atomic E-state index is -0.410. The number of carbonyl (C=O) groups is 1. The van der Waals surface area contributed by atoms with Crippen molar-refractivity contribution in [2.75, 3.05) is 12.0 Å². The first-order valence-corrected chi connectivity index (χ1v) is 6.07. The van der Waals surface area contributed by atoms with Crippen LogP contribution < -0.4 is 5.43 Å². The van der Waals surface area contributed by atoms with Crippen LogP contribution in [0.15, 0.2) is 27.8 Å². The molecule has 0 aliphatic rings. The van der Waals surface area contributed by atoms with Gasteiger partial charge in [0.05, 0.1) is 12.3 Å². The topological polar surface area (TPSA) is 50.7 Å². The smallest absolute Gasteiger partial charge is 0.354 e. The van der Waals surface area contributed by atoms with Crippen molar-refractivity contribution in [3.8, 4) is 0 Å². The minimum Gasteiger partial charge on any atom is -0.461 e. The van der Waals surface area contributed by atoms with Crippen molar-refractivity contribution < 1.29 is 9.53 Å². The van der Waals surface area contributed by atoms with Crippen molar-refractivity contribution in [3.05, 3.63) is 28.2 Å². The van der Waals surface area contributed by atoms with Crippen LogP contribution in [0.4, 0.5) is 5.69 Å². The molecule has 0 aromatic heterocycles. The molecule has 0 amide bonds. The van der Waals surface area contributed by atoms with Gasteiger partial charge >= 0.3 is 5.97 Å². The molecule has 4 nitrogen and oxygen atoms in total. The second kappa shape index (κ2) is 6.39. The molecule has 1 N–H and O–H groups in total. The second-order valence-electron chi connectivity index (χ2n) is 3.49. The van der Waals surface area contributed by atoms with Crippen molar-refractivity contribution in [1.29, 1.82) is 0 Å². The second-order valence-corrected chi connectivity index (χ2v) is 4.40. The molecular formula is C12H15BrN2O2. The molecule has 5 heteroatoms.